The van der Waals surface area contributed by atoms with Crippen LogP contribution in [0.3, 0.4) is 0 Å². The van der Waals surface area contributed by atoms with Crippen LogP contribution in [0.15, 0.2) is 22.7 Å². The summed E-state index contributed by atoms with van der Waals surface area (Å²) in [6.07, 6.45) is 0. The highest BCUT2D eigenvalue weighted by molar-refractivity contribution is 6.30. The van der Waals surface area contributed by atoms with Crippen molar-refractivity contribution in [1.82, 2.24) is 15.0 Å². The molecule has 0 radical (unpaired) electrons. The maximum Gasteiger partial charge on any atom is 0.257 e. The van der Waals surface area contributed by atoms with Crippen LogP contribution >= 0.6 is 11.6 Å². The normalized spacial score (nSPS) is 10.5. The van der Waals surface area contributed by atoms with Crippen LogP contribution in [-0.4, -0.2) is 28.0 Å². The van der Waals surface area contributed by atoms with E-state index < -0.39 is 11.7 Å². The minimum Gasteiger partial charge on any atom is -0.340 e. The van der Waals surface area contributed by atoms with E-state index in [0.717, 1.165) is 6.07 Å². The lowest BCUT2D eigenvalue weighted by Crippen LogP contribution is -2.27. The van der Waals surface area contributed by atoms with Gasteiger partial charge in [-0.05, 0) is 18.2 Å². The first kappa shape index (κ1) is 13.5. The summed E-state index contributed by atoms with van der Waals surface area (Å²) in [5.41, 5.74) is -0.0878. The second kappa shape index (κ2) is 5.36. The number of amides is 1. The molecule has 0 bridgehead atoms. The van der Waals surface area contributed by atoms with Gasteiger partial charge in [-0.2, -0.15) is 4.98 Å². The average molecular weight is 284 g/mol. The van der Waals surface area contributed by atoms with Gasteiger partial charge >= 0.3 is 0 Å². The molecule has 0 N–H and O–H groups in total. The monoisotopic (exact) mass is 283 g/mol. The van der Waals surface area contributed by atoms with Gasteiger partial charge in [-0.1, -0.05) is 16.8 Å². The van der Waals surface area contributed by atoms with Crippen molar-refractivity contribution in [2.45, 2.75) is 13.5 Å². The van der Waals surface area contributed by atoms with Crippen LogP contribution in [0, 0.1) is 12.7 Å². The van der Waals surface area contributed by atoms with Gasteiger partial charge in [-0.15, -0.1) is 0 Å². The number of rotatable bonds is 3. The molecular weight excluding hydrogens is 273 g/mol. The molecule has 0 saturated carbocycles. The Morgan fingerprint density at radius 2 is 2.26 bits per heavy atom. The van der Waals surface area contributed by atoms with Crippen molar-refractivity contribution >= 4 is 17.5 Å². The molecular formula is C12H11ClFN3O2. The minimum atomic E-state index is -0.620. The van der Waals surface area contributed by atoms with Crippen molar-refractivity contribution in [3.8, 4) is 0 Å². The standard InChI is InChI=1S/C12H11ClFN3O2/c1-7-15-11(16-19-7)6-17(2)12(18)9-5-8(13)3-4-10(9)14/h3-5H,6H2,1-2H3. The summed E-state index contributed by atoms with van der Waals surface area (Å²) >= 11 is 5.75. The van der Waals surface area contributed by atoms with Crippen molar-refractivity contribution in [1.29, 1.82) is 0 Å². The van der Waals surface area contributed by atoms with Crippen LogP contribution in [0.25, 0.3) is 0 Å². The predicted molar refractivity (Wildman–Crippen MR) is 66.2 cm³/mol. The highest BCUT2D eigenvalue weighted by atomic mass is 35.5. The first-order chi connectivity index (χ1) is 8.97. The summed E-state index contributed by atoms with van der Waals surface area (Å²) in [7, 11) is 1.52. The Hall–Kier alpha value is -1.95. The van der Waals surface area contributed by atoms with E-state index in [4.69, 9.17) is 16.1 Å². The molecule has 0 saturated heterocycles. The fraction of sp³-hybridized carbons (Fsp3) is 0.250. The number of aromatic nitrogens is 2. The van der Waals surface area contributed by atoms with Crippen molar-refractivity contribution in [2.24, 2.45) is 0 Å². The molecule has 0 aliphatic carbocycles. The van der Waals surface area contributed by atoms with Crippen LogP contribution in [0.5, 0.6) is 0 Å². The molecule has 100 valence electrons. The number of hydrogen-bond acceptors (Lipinski definition) is 4. The van der Waals surface area contributed by atoms with Crippen molar-refractivity contribution in [2.75, 3.05) is 7.05 Å². The lowest BCUT2D eigenvalue weighted by molar-refractivity contribution is 0.0776. The molecule has 2 aromatic rings. The van der Waals surface area contributed by atoms with Crippen LogP contribution in [0.2, 0.25) is 5.02 Å². The van der Waals surface area contributed by atoms with Gasteiger partial charge in [0.25, 0.3) is 5.91 Å². The maximum atomic E-state index is 13.6. The summed E-state index contributed by atoms with van der Waals surface area (Å²) in [6, 6.07) is 3.83. The molecule has 0 aliphatic heterocycles. The van der Waals surface area contributed by atoms with Crippen molar-refractivity contribution < 1.29 is 13.7 Å². The van der Waals surface area contributed by atoms with Gasteiger partial charge in [0, 0.05) is 19.0 Å². The zero-order valence-electron chi connectivity index (χ0n) is 10.4. The van der Waals surface area contributed by atoms with E-state index >= 15 is 0 Å². The summed E-state index contributed by atoms with van der Waals surface area (Å²) in [4.78, 5) is 17.3. The quantitative estimate of drug-likeness (QED) is 0.868. The Balaban J connectivity index is 2.16. The second-order valence-electron chi connectivity index (χ2n) is 4.02. The lowest BCUT2D eigenvalue weighted by atomic mass is 10.2. The van der Waals surface area contributed by atoms with Crippen LogP contribution < -0.4 is 0 Å². The van der Waals surface area contributed by atoms with Crippen LogP contribution in [0.4, 0.5) is 4.39 Å². The molecule has 5 nitrogen and oxygen atoms in total. The molecule has 1 aromatic carbocycles. The van der Waals surface area contributed by atoms with Crippen LogP contribution in [0.1, 0.15) is 22.1 Å². The number of carbonyl (C=O) groups excluding carboxylic acids is 1. The molecule has 0 atom stereocenters. The largest absolute Gasteiger partial charge is 0.340 e. The highest BCUT2D eigenvalue weighted by Crippen LogP contribution is 2.17. The van der Waals surface area contributed by atoms with Gasteiger partial charge in [0.15, 0.2) is 5.82 Å². The number of halogens is 2. The van der Waals surface area contributed by atoms with Gasteiger partial charge < -0.3 is 9.42 Å². The number of hydrogen-bond donors (Lipinski definition) is 0. The number of nitrogens with zero attached hydrogens (tertiary/aromatic N) is 3. The molecule has 0 aliphatic rings. The third-order valence-corrected chi connectivity index (χ3v) is 2.69. The Morgan fingerprint density at radius 3 is 2.89 bits per heavy atom. The van der Waals surface area contributed by atoms with E-state index in [1.165, 1.54) is 24.1 Å². The topological polar surface area (TPSA) is 59.2 Å². The minimum absolute atomic E-state index is 0.0878. The van der Waals surface area contributed by atoms with E-state index in [9.17, 15) is 9.18 Å². The van der Waals surface area contributed by atoms with Gasteiger partial charge in [0.2, 0.25) is 5.89 Å². The summed E-state index contributed by atoms with van der Waals surface area (Å²) < 4.78 is 18.4. The second-order valence-corrected chi connectivity index (χ2v) is 4.45. The van der Waals surface area contributed by atoms with Gasteiger partial charge in [-0.25, -0.2) is 4.39 Å². The maximum absolute atomic E-state index is 13.6. The molecule has 1 aromatic heterocycles. The highest BCUT2D eigenvalue weighted by Gasteiger charge is 2.18. The molecule has 7 heteroatoms. The molecule has 19 heavy (non-hydrogen) atoms. The number of benzene rings is 1. The van der Waals surface area contributed by atoms with Crippen molar-refractivity contribution in [3.63, 3.8) is 0 Å². The van der Waals surface area contributed by atoms with E-state index in [1.54, 1.807) is 6.92 Å². The molecule has 0 spiro atoms. The molecule has 0 fully saturated rings. The van der Waals surface area contributed by atoms with Gasteiger partial charge in [0.05, 0.1) is 12.1 Å². The SMILES string of the molecule is Cc1nc(CN(C)C(=O)c2cc(Cl)ccc2F)no1. The number of carbonyl (C=O) groups is 1. The molecule has 1 heterocycles. The Kier molecular flexibility index (Phi) is 3.80. The summed E-state index contributed by atoms with van der Waals surface area (Å²) in [5, 5.41) is 3.97. The Labute approximate surface area is 114 Å². The van der Waals surface area contributed by atoms with Crippen LogP contribution in [-0.2, 0) is 6.54 Å². The first-order valence-electron chi connectivity index (χ1n) is 5.47. The Morgan fingerprint density at radius 1 is 1.53 bits per heavy atom. The van der Waals surface area contributed by atoms with E-state index in [2.05, 4.69) is 10.1 Å². The molecule has 0 unspecified atom stereocenters. The summed E-state index contributed by atoms with van der Waals surface area (Å²) in [6.45, 7) is 1.77. The smallest absolute Gasteiger partial charge is 0.257 e. The number of aryl methyl sites for hydroxylation is 1. The van der Waals surface area contributed by atoms with Crippen molar-refractivity contribution in [3.05, 3.63) is 46.3 Å². The van der Waals surface area contributed by atoms with E-state index in [1.807, 2.05) is 0 Å². The zero-order chi connectivity index (χ0) is 14.0. The van der Waals surface area contributed by atoms with Gasteiger partial charge in [-0.3, -0.25) is 4.79 Å². The Bertz CT molecular complexity index is 615. The fourth-order valence-corrected chi connectivity index (χ4v) is 1.73. The third-order valence-electron chi connectivity index (χ3n) is 2.45. The lowest BCUT2D eigenvalue weighted by Gasteiger charge is -2.15. The van der Waals surface area contributed by atoms with E-state index in [-0.39, 0.29) is 12.1 Å². The predicted octanol–water partition coefficient (Wildman–Crippen LogP) is 2.44. The third kappa shape index (κ3) is 3.08. The van der Waals surface area contributed by atoms with Gasteiger partial charge in [0.1, 0.15) is 5.82 Å². The fourth-order valence-electron chi connectivity index (χ4n) is 1.56. The average Bonchev–Trinajstić information content (AvgIpc) is 2.77. The summed E-state index contributed by atoms with van der Waals surface area (Å²) in [5.74, 6) is -0.353. The molecule has 2 rings (SSSR count). The zero-order valence-corrected chi connectivity index (χ0v) is 11.1. The van der Waals surface area contributed by atoms with E-state index in [0.29, 0.717) is 16.7 Å². The molecule has 1 amide bonds. The first-order valence-corrected chi connectivity index (χ1v) is 5.85.